The summed E-state index contributed by atoms with van der Waals surface area (Å²) in [6.07, 6.45) is 0. The topological polar surface area (TPSA) is 80.3 Å². The molecular formula is C28H33N7O2S. The number of nitrogens with zero attached hydrogens (tertiary/aromatic N) is 6. The van der Waals surface area contributed by atoms with Crippen LogP contribution in [0.1, 0.15) is 22.3 Å². The van der Waals surface area contributed by atoms with Gasteiger partial charge < -0.3 is 15.1 Å². The zero-order valence-electron chi connectivity index (χ0n) is 22.5. The lowest BCUT2D eigenvalue weighted by molar-refractivity contribution is 0.386. The van der Waals surface area contributed by atoms with E-state index in [1.54, 1.807) is 7.05 Å². The Labute approximate surface area is 226 Å². The molecule has 0 bridgehead atoms. The fourth-order valence-corrected chi connectivity index (χ4v) is 5.25. The summed E-state index contributed by atoms with van der Waals surface area (Å²) in [5.41, 5.74) is 5.72. The van der Waals surface area contributed by atoms with Crippen molar-refractivity contribution >= 4 is 40.1 Å². The van der Waals surface area contributed by atoms with E-state index in [0.29, 0.717) is 54.9 Å². The van der Waals surface area contributed by atoms with Crippen LogP contribution in [0.25, 0.3) is 11.2 Å². The highest BCUT2D eigenvalue weighted by molar-refractivity contribution is 7.80. The predicted octanol–water partition coefficient (Wildman–Crippen LogP) is 2.93. The number of nitrogens with one attached hydrogen (secondary N) is 1. The van der Waals surface area contributed by atoms with Crippen LogP contribution in [-0.4, -0.2) is 54.9 Å². The Morgan fingerprint density at radius 3 is 2.24 bits per heavy atom. The fourth-order valence-electron chi connectivity index (χ4n) is 4.96. The van der Waals surface area contributed by atoms with Gasteiger partial charge in [0.2, 0.25) is 5.95 Å². The summed E-state index contributed by atoms with van der Waals surface area (Å²) >= 11 is 5.74. The highest BCUT2D eigenvalue weighted by atomic mass is 32.1. The SMILES string of the molecule is Cc1ccc(Cn2c(N3CCN(C(=S)Nc4ccc(C)cc4C)CC3)nc3c2c(=O)n(C)c(=O)n3C)cc1. The van der Waals surface area contributed by atoms with Gasteiger partial charge >= 0.3 is 5.69 Å². The summed E-state index contributed by atoms with van der Waals surface area (Å²) in [6, 6.07) is 14.5. The molecule has 0 aliphatic carbocycles. The van der Waals surface area contributed by atoms with Crippen molar-refractivity contribution in [2.24, 2.45) is 14.1 Å². The molecule has 3 heterocycles. The van der Waals surface area contributed by atoms with Crippen LogP contribution in [0, 0.1) is 20.8 Å². The zero-order chi connectivity index (χ0) is 27.1. The third-order valence-electron chi connectivity index (χ3n) is 7.26. The Bertz CT molecular complexity index is 1640. The number of hydrogen-bond acceptors (Lipinski definition) is 5. The number of benzene rings is 2. The van der Waals surface area contributed by atoms with Gasteiger partial charge in [-0.1, -0.05) is 47.5 Å². The van der Waals surface area contributed by atoms with Crippen molar-refractivity contribution in [3.8, 4) is 0 Å². The third kappa shape index (κ3) is 4.71. The highest BCUT2D eigenvalue weighted by Gasteiger charge is 2.26. The van der Waals surface area contributed by atoms with E-state index in [1.165, 1.54) is 22.7 Å². The summed E-state index contributed by atoms with van der Waals surface area (Å²) in [6.45, 7) is 9.46. The van der Waals surface area contributed by atoms with E-state index in [0.717, 1.165) is 21.4 Å². The molecule has 38 heavy (non-hydrogen) atoms. The van der Waals surface area contributed by atoms with E-state index in [2.05, 4.69) is 71.4 Å². The minimum absolute atomic E-state index is 0.341. The van der Waals surface area contributed by atoms with E-state index in [-0.39, 0.29) is 11.2 Å². The molecule has 5 rings (SSSR count). The minimum atomic E-state index is -0.387. The van der Waals surface area contributed by atoms with E-state index in [1.807, 2.05) is 11.5 Å². The molecule has 4 aromatic rings. The quantitative estimate of drug-likeness (QED) is 0.406. The van der Waals surface area contributed by atoms with Crippen LogP contribution in [-0.2, 0) is 20.6 Å². The summed E-state index contributed by atoms with van der Waals surface area (Å²) in [7, 11) is 3.17. The minimum Gasteiger partial charge on any atom is -0.345 e. The Kier molecular flexibility index (Phi) is 6.83. The van der Waals surface area contributed by atoms with Gasteiger partial charge in [0.15, 0.2) is 16.3 Å². The predicted molar refractivity (Wildman–Crippen MR) is 156 cm³/mol. The fraction of sp³-hybridized carbons (Fsp3) is 0.357. The average molecular weight is 532 g/mol. The molecule has 1 saturated heterocycles. The lowest BCUT2D eigenvalue weighted by Crippen LogP contribution is -2.50. The molecule has 2 aromatic heterocycles. The maximum Gasteiger partial charge on any atom is 0.332 e. The summed E-state index contributed by atoms with van der Waals surface area (Å²) in [5, 5.41) is 4.09. The molecular weight excluding hydrogens is 498 g/mol. The Morgan fingerprint density at radius 2 is 1.58 bits per heavy atom. The molecule has 0 unspecified atom stereocenters. The number of hydrogen-bond donors (Lipinski definition) is 1. The average Bonchev–Trinajstić information content (AvgIpc) is 3.28. The second-order valence-electron chi connectivity index (χ2n) is 10.1. The Hall–Kier alpha value is -3.92. The molecule has 9 nitrogen and oxygen atoms in total. The number of imidazole rings is 1. The molecule has 0 radical (unpaired) electrons. The summed E-state index contributed by atoms with van der Waals surface area (Å²) in [4.78, 5) is 35.1. The zero-order valence-corrected chi connectivity index (χ0v) is 23.3. The Morgan fingerprint density at radius 1 is 0.921 bits per heavy atom. The molecule has 198 valence electrons. The normalized spacial score (nSPS) is 13.8. The number of thiocarbonyl (C=S) groups is 1. The molecule has 10 heteroatoms. The van der Waals surface area contributed by atoms with Crippen molar-refractivity contribution in [1.29, 1.82) is 0 Å². The molecule has 1 N–H and O–H groups in total. The van der Waals surface area contributed by atoms with Crippen molar-refractivity contribution < 1.29 is 0 Å². The standard InChI is InChI=1S/C28H33N7O2S/c1-18-6-9-21(10-7-18)17-35-23-24(31(4)28(37)32(5)25(23)36)30-26(35)33-12-14-34(15-13-33)27(38)29-22-11-8-19(2)16-20(22)3/h6-11,16H,12-15,17H2,1-5H3,(H,29,38). The molecule has 0 amide bonds. The first-order valence-electron chi connectivity index (χ1n) is 12.7. The number of aryl methyl sites for hydroxylation is 4. The van der Waals surface area contributed by atoms with Gasteiger partial charge in [0, 0.05) is 46.0 Å². The molecule has 0 saturated carbocycles. The molecule has 1 fully saturated rings. The van der Waals surface area contributed by atoms with E-state index in [4.69, 9.17) is 17.2 Å². The van der Waals surface area contributed by atoms with Gasteiger partial charge in [-0.05, 0) is 50.2 Å². The first-order chi connectivity index (χ1) is 18.1. The van der Waals surface area contributed by atoms with Crippen LogP contribution in [0.4, 0.5) is 11.6 Å². The van der Waals surface area contributed by atoms with Crippen molar-refractivity contribution in [3.05, 3.63) is 85.6 Å². The van der Waals surface area contributed by atoms with Crippen molar-refractivity contribution in [3.63, 3.8) is 0 Å². The molecule has 0 spiro atoms. The number of anilines is 2. The van der Waals surface area contributed by atoms with Crippen molar-refractivity contribution in [2.75, 3.05) is 36.4 Å². The smallest absolute Gasteiger partial charge is 0.332 e. The molecule has 1 aliphatic rings. The maximum absolute atomic E-state index is 13.3. The van der Waals surface area contributed by atoms with E-state index >= 15 is 0 Å². The van der Waals surface area contributed by atoms with Gasteiger partial charge in [-0.2, -0.15) is 4.98 Å². The Balaban J connectivity index is 1.44. The van der Waals surface area contributed by atoms with Gasteiger partial charge in [-0.25, -0.2) is 4.79 Å². The molecule has 0 atom stereocenters. The number of piperazine rings is 1. The van der Waals surface area contributed by atoms with Gasteiger partial charge in [0.25, 0.3) is 5.56 Å². The number of fused-ring (bicyclic) bond motifs is 1. The van der Waals surface area contributed by atoms with Crippen LogP contribution in [0.15, 0.2) is 52.1 Å². The van der Waals surface area contributed by atoms with Crippen LogP contribution in [0.5, 0.6) is 0 Å². The van der Waals surface area contributed by atoms with Gasteiger partial charge in [-0.3, -0.25) is 18.5 Å². The lowest BCUT2D eigenvalue weighted by Gasteiger charge is -2.37. The monoisotopic (exact) mass is 531 g/mol. The second-order valence-corrected chi connectivity index (χ2v) is 10.5. The lowest BCUT2D eigenvalue weighted by atomic mass is 10.1. The van der Waals surface area contributed by atoms with E-state index < -0.39 is 0 Å². The number of aromatic nitrogens is 4. The molecule has 2 aromatic carbocycles. The van der Waals surface area contributed by atoms with E-state index in [9.17, 15) is 9.59 Å². The van der Waals surface area contributed by atoms with Gasteiger partial charge in [0.1, 0.15) is 0 Å². The molecule has 1 aliphatic heterocycles. The van der Waals surface area contributed by atoms with Crippen LogP contribution < -0.4 is 21.5 Å². The maximum atomic E-state index is 13.3. The number of rotatable bonds is 4. The first-order valence-corrected chi connectivity index (χ1v) is 13.1. The van der Waals surface area contributed by atoms with Crippen molar-refractivity contribution in [1.82, 2.24) is 23.6 Å². The van der Waals surface area contributed by atoms with Gasteiger partial charge in [0.05, 0.1) is 6.54 Å². The first kappa shape index (κ1) is 25.7. The van der Waals surface area contributed by atoms with Crippen LogP contribution in [0.3, 0.4) is 0 Å². The van der Waals surface area contributed by atoms with Crippen LogP contribution in [0.2, 0.25) is 0 Å². The highest BCUT2D eigenvalue weighted by Crippen LogP contribution is 2.23. The van der Waals surface area contributed by atoms with Gasteiger partial charge in [-0.15, -0.1) is 0 Å². The largest absolute Gasteiger partial charge is 0.345 e. The third-order valence-corrected chi connectivity index (χ3v) is 7.62. The van der Waals surface area contributed by atoms with Crippen molar-refractivity contribution in [2.45, 2.75) is 27.3 Å². The second kappa shape index (κ2) is 10.1. The summed E-state index contributed by atoms with van der Waals surface area (Å²) in [5.74, 6) is 0.687. The summed E-state index contributed by atoms with van der Waals surface area (Å²) < 4.78 is 4.54. The van der Waals surface area contributed by atoms with Crippen LogP contribution >= 0.6 is 12.2 Å².